The van der Waals surface area contributed by atoms with Crippen molar-refractivity contribution < 1.29 is 0 Å². The lowest BCUT2D eigenvalue weighted by atomic mass is 10.0. The Morgan fingerprint density at radius 1 is 1.50 bits per heavy atom. The molecule has 3 N–H and O–H groups in total. The summed E-state index contributed by atoms with van der Waals surface area (Å²) < 4.78 is 3.82. The van der Waals surface area contributed by atoms with Gasteiger partial charge in [-0.05, 0) is 35.6 Å². The number of halogens is 1. The fourth-order valence-electron chi connectivity index (χ4n) is 1.47. The normalized spacial score (nSPS) is 12.6. The van der Waals surface area contributed by atoms with Crippen molar-refractivity contribution >= 4 is 23.1 Å². The third kappa shape index (κ3) is 2.76. The second-order valence-electron chi connectivity index (χ2n) is 3.38. The van der Waals surface area contributed by atoms with E-state index in [1.54, 1.807) is 0 Å². The number of hydrazine groups is 1. The SMILES string of the molecule is NNC(Cc1cccc(Cl)c1)c1csnn1. The van der Waals surface area contributed by atoms with Gasteiger partial charge < -0.3 is 0 Å². The number of benzene rings is 1. The average Bonchev–Trinajstić information content (AvgIpc) is 2.79. The number of rotatable bonds is 4. The maximum absolute atomic E-state index is 5.92. The van der Waals surface area contributed by atoms with Gasteiger partial charge in [0.05, 0.1) is 11.7 Å². The van der Waals surface area contributed by atoms with Crippen molar-refractivity contribution in [2.75, 3.05) is 0 Å². The Bertz CT molecular complexity index is 446. The summed E-state index contributed by atoms with van der Waals surface area (Å²) in [6.07, 6.45) is 0.739. The first-order valence-corrected chi connectivity index (χ1v) is 5.98. The highest BCUT2D eigenvalue weighted by molar-refractivity contribution is 7.03. The van der Waals surface area contributed by atoms with Gasteiger partial charge in [0.2, 0.25) is 0 Å². The molecule has 0 radical (unpaired) electrons. The summed E-state index contributed by atoms with van der Waals surface area (Å²) in [5.41, 5.74) is 4.70. The van der Waals surface area contributed by atoms with Crippen molar-refractivity contribution in [1.82, 2.24) is 15.0 Å². The van der Waals surface area contributed by atoms with Crippen molar-refractivity contribution in [1.29, 1.82) is 0 Å². The molecular weight excluding hydrogens is 244 g/mol. The second-order valence-corrected chi connectivity index (χ2v) is 4.43. The third-order valence-electron chi connectivity index (χ3n) is 2.26. The Kier molecular flexibility index (Phi) is 3.84. The van der Waals surface area contributed by atoms with Crippen LogP contribution in [0.1, 0.15) is 17.3 Å². The predicted molar refractivity (Wildman–Crippen MR) is 65.1 cm³/mol. The fraction of sp³-hybridized carbons (Fsp3) is 0.200. The Balaban J connectivity index is 2.13. The molecule has 0 bridgehead atoms. The van der Waals surface area contributed by atoms with Crippen LogP contribution in [-0.2, 0) is 6.42 Å². The molecule has 1 unspecified atom stereocenters. The molecule has 1 heterocycles. The highest BCUT2D eigenvalue weighted by Gasteiger charge is 2.13. The van der Waals surface area contributed by atoms with E-state index in [2.05, 4.69) is 15.0 Å². The van der Waals surface area contributed by atoms with Crippen LogP contribution in [0, 0.1) is 0 Å². The van der Waals surface area contributed by atoms with E-state index in [1.807, 2.05) is 29.6 Å². The summed E-state index contributed by atoms with van der Waals surface area (Å²) >= 11 is 7.23. The first-order chi connectivity index (χ1) is 7.79. The zero-order valence-electron chi connectivity index (χ0n) is 8.43. The van der Waals surface area contributed by atoms with Gasteiger partial charge in [-0.15, -0.1) is 5.10 Å². The van der Waals surface area contributed by atoms with Crippen LogP contribution in [0.5, 0.6) is 0 Å². The zero-order chi connectivity index (χ0) is 11.4. The Labute approximate surface area is 103 Å². The van der Waals surface area contributed by atoms with Crippen LogP contribution in [-0.4, -0.2) is 9.59 Å². The second kappa shape index (κ2) is 5.36. The van der Waals surface area contributed by atoms with Gasteiger partial charge >= 0.3 is 0 Å². The smallest absolute Gasteiger partial charge is 0.0941 e. The Hall–Kier alpha value is -1.01. The third-order valence-corrected chi connectivity index (χ3v) is 3.02. The van der Waals surface area contributed by atoms with Crippen LogP contribution in [0.3, 0.4) is 0 Å². The largest absolute Gasteiger partial charge is 0.271 e. The molecule has 0 aliphatic rings. The summed E-state index contributed by atoms with van der Waals surface area (Å²) in [5.74, 6) is 5.50. The lowest BCUT2D eigenvalue weighted by molar-refractivity contribution is 0.537. The van der Waals surface area contributed by atoms with Crippen LogP contribution >= 0.6 is 23.1 Å². The first kappa shape index (κ1) is 11.5. The maximum atomic E-state index is 5.92. The fourth-order valence-corrected chi connectivity index (χ4v) is 2.19. The van der Waals surface area contributed by atoms with Gasteiger partial charge in [-0.25, -0.2) is 0 Å². The number of aromatic nitrogens is 2. The van der Waals surface area contributed by atoms with Crippen molar-refractivity contribution in [3.63, 3.8) is 0 Å². The lowest BCUT2D eigenvalue weighted by Crippen LogP contribution is -2.29. The number of nitrogens with one attached hydrogen (secondary N) is 1. The topological polar surface area (TPSA) is 63.8 Å². The van der Waals surface area contributed by atoms with E-state index in [-0.39, 0.29) is 6.04 Å². The van der Waals surface area contributed by atoms with Gasteiger partial charge in [0.15, 0.2) is 0 Å². The van der Waals surface area contributed by atoms with E-state index in [4.69, 9.17) is 17.4 Å². The number of nitrogens with zero attached hydrogens (tertiary/aromatic N) is 2. The van der Waals surface area contributed by atoms with Crippen LogP contribution in [0.4, 0.5) is 0 Å². The highest BCUT2D eigenvalue weighted by atomic mass is 35.5. The molecular formula is C10H11ClN4S. The molecule has 4 nitrogen and oxygen atoms in total. The van der Waals surface area contributed by atoms with E-state index in [9.17, 15) is 0 Å². The summed E-state index contributed by atoms with van der Waals surface area (Å²) in [4.78, 5) is 0. The molecule has 1 aromatic carbocycles. The minimum absolute atomic E-state index is 0.0304. The van der Waals surface area contributed by atoms with E-state index in [0.29, 0.717) is 0 Å². The Morgan fingerprint density at radius 2 is 2.38 bits per heavy atom. The molecule has 6 heteroatoms. The van der Waals surface area contributed by atoms with Crippen LogP contribution < -0.4 is 11.3 Å². The molecule has 1 aromatic heterocycles. The first-order valence-electron chi connectivity index (χ1n) is 4.77. The van der Waals surface area contributed by atoms with E-state index in [0.717, 1.165) is 22.7 Å². The van der Waals surface area contributed by atoms with Crippen LogP contribution in [0.15, 0.2) is 29.6 Å². The molecule has 0 spiro atoms. The van der Waals surface area contributed by atoms with Gasteiger partial charge in [0.1, 0.15) is 0 Å². The van der Waals surface area contributed by atoms with E-state index < -0.39 is 0 Å². The maximum Gasteiger partial charge on any atom is 0.0941 e. The Morgan fingerprint density at radius 3 is 3.00 bits per heavy atom. The monoisotopic (exact) mass is 254 g/mol. The molecule has 0 fully saturated rings. The van der Waals surface area contributed by atoms with Crippen LogP contribution in [0.25, 0.3) is 0 Å². The molecule has 0 aliphatic heterocycles. The van der Waals surface area contributed by atoms with Gasteiger partial charge in [-0.1, -0.05) is 28.2 Å². The summed E-state index contributed by atoms with van der Waals surface area (Å²) in [6.45, 7) is 0. The zero-order valence-corrected chi connectivity index (χ0v) is 10.0. The molecule has 84 valence electrons. The van der Waals surface area contributed by atoms with Gasteiger partial charge in [0, 0.05) is 10.4 Å². The number of hydrogen-bond donors (Lipinski definition) is 2. The van der Waals surface area contributed by atoms with Crippen molar-refractivity contribution in [2.24, 2.45) is 5.84 Å². The minimum Gasteiger partial charge on any atom is -0.271 e. The molecule has 0 saturated carbocycles. The van der Waals surface area contributed by atoms with Gasteiger partial charge in [-0.2, -0.15) is 0 Å². The molecule has 16 heavy (non-hydrogen) atoms. The number of hydrogen-bond acceptors (Lipinski definition) is 5. The summed E-state index contributed by atoms with van der Waals surface area (Å²) in [7, 11) is 0. The molecule has 0 aliphatic carbocycles. The average molecular weight is 255 g/mol. The van der Waals surface area contributed by atoms with Crippen molar-refractivity contribution in [2.45, 2.75) is 12.5 Å². The quantitative estimate of drug-likeness (QED) is 0.647. The molecule has 0 amide bonds. The summed E-state index contributed by atoms with van der Waals surface area (Å²) in [6, 6.07) is 7.67. The van der Waals surface area contributed by atoms with E-state index in [1.165, 1.54) is 11.5 Å². The highest BCUT2D eigenvalue weighted by Crippen LogP contribution is 2.18. The number of nitrogens with two attached hydrogens (primary N) is 1. The predicted octanol–water partition coefficient (Wildman–Crippen LogP) is 1.94. The molecule has 0 saturated heterocycles. The van der Waals surface area contributed by atoms with E-state index >= 15 is 0 Å². The summed E-state index contributed by atoms with van der Waals surface area (Å²) in [5, 5.41) is 6.61. The lowest BCUT2D eigenvalue weighted by Gasteiger charge is -2.12. The van der Waals surface area contributed by atoms with Crippen molar-refractivity contribution in [3.8, 4) is 0 Å². The molecule has 2 rings (SSSR count). The van der Waals surface area contributed by atoms with Crippen molar-refractivity contribution in [3.05, 3.63) is 45.9 Å². The van der Waals surface area contributed by atoms with Crippen LogP contribution in [0.2, 0.25) is 5.02 Å². The van der Waals surface area contributed by atoms with Gasteiger partial charge in [-0.3, -0.25) is 11.3 Å². The van der Waals surface area contributed by atoms with Gasteiger partial charge in [0.25, 0.3) is 0 Å². The standard InChI is InChI=1S/C10H11ClN4S/c11-8-3-1-2-7(4-8)5-9(13-12)10-6-16-15-14-10/h1-4,6,9,13H,5,12H2. The minimum atomic E-state index is -0.0304. The molecule has 1 atom stereocenters. The molecule has 2 aromatic rings.